The number of β-amino-alcohol motifs (C(OH)–C–C–N with tert-alkyl or cyclic N) is 1. The van der Waals surface area contributed by atoms with Gasteiger partial charge in [0.25, 0.3) is 5.89 Å². The molecule has 1 aromatic heterocycles. The molecule has 2 aliphatic rings. The molecule has 1 saturated heterocycles. The zero-order chi connectivity index (χ0) is 24.5. The highest BCUT2D eigenvalue weighted by Gasteiger charge is 2.31. The number of urea groups is 1. The monoisotopic (exact) mass is 473 g/mol. The lowest BCUT2D eigenvalue weighted by Gasteiger charge is -2.36. The Bertz CT molecular complexity index is 1290. The minimum absolute atomic E-state index is 0.0381. The number of ether oxygens (including phenoxy) is 1. The fourth-order valence-electron chi connectivity index (χ4n) is 4.66. The summed E-state index contributed by atoms with van der Waals surface area (Å²) < 4.78 is 11.2. The Morgan fingerprint density at radius 2 is 2.17 bits per heavy atom. The first kappa shape index (κ1) is 22.9. The van der Waals surface area contributed by atoms with Gasteiger partial charge in [-0.3, -0.25) is 0 Å². The van der Waals surface area contributed by atoms with Crippen LogP contribution in [0.2, 0.25) is 0 Å². The molecule has 0 bridgehead atoms. The Morgan fingerprint density at radius 3 is 2.91 bits per heavy atom. The second kappa shape index (κ2) is 9.39. The summed E-state index contributed by atoms with van der Waals surface area (Å²) in [7, 11) is 0. The van der Waals surface area contributed by atoms with Crippen LogP contribution in [0.5, 0.6) is 5.75 Å². The smallest absolute Gasteiger partial charge is 0.317 e. The van der Waals surface area contributed by atoms with Crippen molar-refractivity contribution in [2.45, 2.75) is 44.8 Å². The maximum absolute atomic E-state index is 12.2. The van der Waals surface area contributed by atoms with Crippen LogP contribution in [0.15, 0.2) is 40.9 Å². The van der Waals surface area contributed by atoms with E-state index in [9.17, 15) is 15.2 Å². The van der Waals surface area contributed by atoms with E-state index in [0.717, 1.165) is 24.0 Å². The zero-order valence-corrected chi connectivity index (χ0v) is 19.7. The molecule has 9 heteroatoms. The minimum Gasteiger partial charge on any atom is -0.490 e. The lowest BCUT2D eigenvalue weighted by Crippen LogP contribution is -2.57. The van der Waals surface area contributed by atoms with Crippen LogP contribution in [0.1, 0.15) is 42.9 Å². The topological polar surface area (TPSA) is 125 Å². The van der Waals surface area contributed by atoms with E-state index in [2.05, 4.69) is 27.6 Å². The molecule has 2 amide bonds. The second-order valence-electron chi connectivity index (χ2n) is 9.27. The lowest BCUT2D eigenvalue weighted by atomic mass is 9.98. The molecule has 1 aliphatic heterocycles. The van der Waals surface area contributed by atoms with Gasteiger partial charge in [0.2, 0.25) is 5.82 Å². The number of nitrogens with one attached hydrogen (secondary N) is 1. The van der Waals surface area contributed by atoms with Crippen LogP contribution in [-0.2, 0) is 6.42 Å². The molecule has 9 nitrogen and oxygen atoms in total. The van der Waals surface area contributed by atoms with Crippen molar-refractivity contribution in [2.24, 2.45) is 0 Å². The van der Waals surface area contributed by atoms with Crippen LogP contribution in [0.25, 0.3) is 22.8 Å². The quantitative estimate of drug-likeness (QED) is 0.562. The molecule has 3 aromatic rings. The van der Waals surface area contributed by atoms with Gasteiger partial charge in [-0.1, -0.05) is 23.4 Å². The van der Waals surface area contributed by atoms with Crippen molar-refractivity contribution in [1.82, 2.24) is 20.4 Å². The van der Waals surface area contributed by atoms with Gasteiger partial charge < -0.3 is 24.6 Å². The number of nitriles is 1. The summed E-state index contributed by atoms with van der Waals surface area (Å²) in [4.78, 5) is 18.5. The summed E-state index contributed by atoms with van der Waals surface area (Å²) in [6.07, 6.45) is 1.33. The fourth-order valence-corrected chi connectivity index (χ4v) is 4.66. The van der Waals surface area contributed by atoms with Crippen LogP contribution in [-0.4, -0.2) is 58.0 Å². The number of nitrogens with zero attached hydrogens (tertiary/aromatic N) is 4. The summed E-state index contributed by atoms with van der Waals surface area (Å²) in [5.74, 6) is 1.56. The Labute approximate surface area is 203 Å². The molecular weight excluding hydrogens is 446 g/mol. The molecule has 35 heavy (non-hydrogen) atoms. The highest BCUT2D eigenvalue weighted by molar-refractivity contribution is 5.75. The van der Waals surface area contributed by atoms with Gasteiger partial charge in [-0.15, -0.1) is 0 Å². The molecular formula is C26H27N5O4. The van der Waals surface area contributed by atoms with Crippen molar-refractivity contribution in [3.63, 3.8) is 0 Å². The molecule has 1 aliphatic carbocycles. The zero-order valence-electron chi connectivity index (χ0n) is 19.7. The second-order valence-corrected chi connectivity index (χ2v) is 9.27. The van der Waals surface area contributed by atoms with Gasteiger partial charge in [0.1, 0.15) is 11.8 Å². The third-order valence-electron chi connectivity index (χ3n) is 6.42. The summed E-state index contributed by atoms with van der Waals surface area (Å²) in [5.41, 5.74) is 4.32. The first-order valence-corrected chi connectivity index (χ1v) is 11.8. The predicted octanol–water partition coefficient (Wildman–Crippen LogP) is 3.48. The average molecular weight is 474 g/mol. The Morgan fingerprint density at radius 1 is 1.34 bits per heavy atom. The molecule has 2 N–H and O–H groups in total. The van der Waals surface area contributed by atoms with E-state index in [-0.39, 0.29) is 18.1 Å². The number of hydrogen-bond donors (Lipinski definition) is 2. The number of carbonyl (C=O) groups excluding carboxylic acids is 1. The number of benzene rings is 2. The SMILES string of the molecule is CC(C)Oc1ccc(-c2nc(-c3cccc4c3CCC4CNC(=O)N3CC(O)C3)no2)cc1C#N. The van der Waals surface area contributed by atoms with E-state index in [4.69, 9.17) is 9.26 Å². The van der Waals surface area contributed by atoms with Crippen LogP contribution < -0.4 is 10.1 Å². The van der Waals surface area contributed by atoms with Crippen molar-refractivity contribution < 1.29 is 19.2 Å². The predicted molar refractivity (Wildman–Crippen MR) is 128 cm³/mol. The van der Waals surface area contributed by atoms with Gasteiger partial charge in [-0.2, -0.15) is 10.2 Å². The molecule has 0 spiro atoms. The van der Waals surface area contributed by atoms with Gasteiger partial charge >= 0.3 is 6.03 Å². The standard InChI is InChI=1S/C26H27N5O4/c1-15(2)34-23-9-7-16(10-18(23)11-27)25-29-24(30-35-25)22-5-3-4-20-17(6-8-21(20)22)12-28-26(33)31-13-19(32)14-31/h3-5,7,9-10,15,17,19,32H,6,8,12-14H2,1-2H3,(H,28,33). The summed E-state index contributed by atoms with van der Waals surface area (Å²) >= 11 is 0. The van der Waals surface area contributed by atoms with Gasteiger partial charge in [0.15, 0.2) is 0 Å². The van der Waals surface area contributed by atoms with E-state index in [1.54, 1.807) is 23.1 Å². The van der Waals surface area contributed by atoms with Crippen LogP contribution >= 0.6 is 0 Å². The number of aliphatic hydroxyl groups excluding tert-OH is 1. The van der Waals surface area contributed by atoms with Gasteiger partial charge in [0, 0.05) is 23.6 Å². The number of rotatable bonds is 6. The summed E-state index contributed by atoms with van der Waals surface area (Å²) in [6.45, 7) is 5.14. The number of fused-ring (bicyclic) bond motifs is 1. The molecule has 2 aromatic carbocycles. The largest absolute Gasteiger partial charge is 0.490 e. The van der Waals surface area contributed by atoms with Crippen molar-refractivity contribution in [2.75, 3.05) is 19.6 Å². The van der Waals surface area contributed by atoms with Crippen LogP contribution in [0, 0.1) is 11.3 Å². The van der Waals surface area contributed by atoms with E-state index >= 15 is 0 Å². The van der Waals surface area contributed by atoms with E-state index < -0.39 is 6.10 Å². The molecule has 1 atom stereocenters. The minimum atomic E-state index is -0.409. The van der Waals surface area contributed by atoms with E-state index in [0.29, 0.717) is 48.2 Å². The van der Waals surface area contributed by atoms with Gasteiger partial charge in [-0.05, 0) is 56.0 Å². The lowest BCUT2D eigenvalue weighted by molar-refractivity contribution is 0.0266. The summed E-state index contributed by atoms with van der Waals surface area (Å²) in [5, 5.41) is 26.1. The van der Waals surface area contributed by atoms with Crippen molar-refractivity contribution >= 4 is 6.03 Å². The molecule has 0 saturated carbocycles. The van der Waals surface area contributed by atoms with Crippen LogP contribution in [0.4, 0.5) is 4.79 Å². The number of aliphatic hydroxyl groups is 1. The van der Waals surface area contributed by atoms with Crippen molar-refractivity contribution in [3.8, 4) is 34.7 Å². The highest BCUT2D eigenvalue weighted by Crippen LogP contribution is 2.38. The highest BCUT2D eigenvalue weighted by atomic mass is 16.5. The van der Waals surface area contributed by atoms with Crippen molar-refractivity contribution in [1.29, 1.82) is 5.26 Å². The maximum atomic E-state index is 12.2. The number of amides is 2. The van der Waals surface area contributed by atoms with Crippen molar-refractivity contribution in [3.05, 3.63) is 53.1 Å². The normalized spacial score (nSPS) is 17.1. The van der Waals surface area contributed by atoms with Gasteiger partial charge in [0.05, 0.1) is 30.9 Å². The third kappa shape index (κ3) is 4.57. The Kier molecular flexibility index (Phi) is 6.14. The van der Waals surface area contributed by atoms with E-state index in [1.807, 2.05) is 26.0 Å². The number of aromatic nitrogens is 2. The molecule has 1 fully saturated rings. The van der Waals surface area contributed by atoms with Crippen LogP contribution in [0.3, 0.4) is 0 Å². The Hall–Kier alpha value is -3.90. The molecule has 0 radical (unpaired) electrons. The molecule has 5 rings (SSSR count). The Balaban J connectivity index is 1.33. The van der Waals surface area contributed by atoms with Gasteiger partial charge in [-0.25, -0.2) is 4.79 Å². The number of hydrogen-bond acceptors (Lipinski definition) is 7. The molecule has 1 unspecified atom stereocenters. The third-order valence-corrected chi connectivity index (χ3v) is 6.42. The van der Waals surface area contributed by atoms with E-state index in [1.165, 1.54) is 5.56 Å². The first-order valence-electron chi connectivity index (χ1n) is 11.8. The first-order chi connectivity index (χ1) is 16.9. The maximum Gasteiger partial charge on any atom is 0.317 e. The molecule has 2 heterocycles. The number of carbonyl (C=O) groups is 1. The fraction of sp³-hybridized carbons (Fsp3) is 0.385. The number of likely N-dealkylation sites (tertiary alicyclic amines) is 1. The summed E-state index contributed by atoms with van der Waals surface area (Å²) in [6, 6.07) is 13.3. The average Bonchev–Trinajstić information content (AvgIpc) is 3.48. The molecule has 180 valence electrons.